The Morgan fingerprint density at radius 1 is 0.926 bits per heavy atom. The zero-order valence-electron chi connectivity index (χ0n) is 14.6. The molecule has 1 aliphatic rings. The van der Waals surface area contributed by atoms with Crippen molar-refractivity contribution in [2.24, 2.45) is 4.40 Å². The van der Waals surface area contributed by atoms with E-state index < -0.39 is 0 Å². The smallest absolute Gasteiger partial charge is 0.127 e. The second kappa shape index (κ2) is 7.94. The van der Waals surface area contributed by atoms with Gasteiger partial charge in [-0.1, -0.05) is 23.7 Å². The number of ether oxygens (including phenoxy) is 2. The Labute approximate surface area is 167 Å². The summed E-state index contributed by atoms with van der Waals surface area (Å²) in [4.78, 5) is 0. The topological polar surface area (TPSA) is 34.1 Å². The van der Waals surface area contributed by atoms with Gasteiger partial charge in [-0.3, -0.25) is 4.31 Å². The summed E-state index contributed by atoms with van der Waals surface area (Å²) in [6.07, 6.45) is 1.94. The van der Waals surface area contributed by atoms with Crippen LogP contribution in [-0.4, -0.2) is 13.3 Å². The van der Waals surface area contributed by atoms with Crippen LogP contribution < -0.4 is 13.8 Å². The Morgan fingerprint density at radius 2 is 1.63 bits per heavy atom. The van der Waals surface area contributed by atoms with E-state index in [4.69, 9.17) is 21.1 Å². The van der Waals surface area contributed by atoms with Crippen LogP contribution in [0.4, 0.5) is 5.69 Å². The van der Waals surface area contributed by atoms with Gasteiger partial charge in [-0.2, -0.15) is 0 Å². The van der Waals surface area contributed by atoms with Gasteiger partial charge in [-0.15, -0.1) is 0 Å². The molecule has 0 saturated carbocycles. The van der Waals surface area contributed by atoms with Gasteiger partial charge in [0.2, 0.25) is 0 Å². The molecule has 0 unspecified atom stereocenters. The van der Waals surface area contributed by atoms with E-state index in [2.05, 4.69) is 14.8 Å². The Bertz CT molecular complexity index is 945. The quantitative estimate of drug-likeness (QED) is 0.471. The first-order chi connectivity index (χ1) is 13.2. The minimum Gasteiger partial charge on any atom is -0.497 e. The van der Waals surface area contributed by atoms with Crippen molar-refractivity contribution in [2.75, 3.05) is 11.4 Å². The molecule has 0 aromatic heterocycles. The Hall–Kier alpha value is -2.63. The molecule has 136 valence electrons. The van der Waals surface area contributed by atoms with Gasteiger partial charge in [0.05, 0.1) is 24.9 Å². The lowest BCUT2D eigenvalue weighted by atomic mass is 10.1. The average molecular weight is 397 g/mol. The zero-order valence-corrected chi connectivity index (χ0v) is 16.2. The molecule has 4 rings (SSSR count). The molecule has 3 aromatic rings. The summed E-state index contributed by atoms with van der Waals surface area (Å²) < 4.78 is 17.7. The molecule has 0 aliphatic carbocycles. The number of halogens is 1. The van der Waals surface area contributed by atoms with E-state index in [-0.39, 0.29) is 6.04 Å². The first kappa shape index (κ1) is 17.8. The van der Waals surface area contributed by atoms with E-state index in [0.29, 0.717) is 5.02 Å². The Kier molecular flexibility index (Phi) is 5.23. The van der Waals surface area contributed by atoms with Crippen LogP contribution in [0.3, 0.4) is 0 Å². The number of hydrogen-bond acceptors (Lipinski definition) is 5. The van der Waals surface area contributed by atoms with Gasteiger partial charge >= 0.3 is 0 Å². The molecule has 0 spiro atoms. The number of methoxy groups -OCH3 is 1. The van der Waals surface area contributed by atoms with Crippen molar-refractivity contribution in [1.29, 1.82) is 0 Å². The molecule has 0 radical (unpaired) electrons. The molecule has 0 bridgehead atoms. The molecule has 0 saturated heterocycles. The van der Waals surface area contributed by atoms with Crippen LogP contribution in [0.25, 0.3) is 0 Å². The summed E-state index contributed by atoms with van der Waals surface area (Å²) in [5, 5.41) is 0.687. The van der Waals surface area contributed by atoms with Crippen LogP contribution >= 0.6 is 23.7 Å². The molecule has 6 heteroatoms. The van der Waals surface area contributed by atoms with Crippen LogP contribution in [0.1, 0.15) is 11.6 Å². The predicted molar refractivity (Wildman–Crippen MR) is 112 cm³/mol. The SMILES string of the molecule is COc1cccc([C@H]2C=NSN2c2ccc(Oc3ccc(Cl)cc3)cc2)c1. The highest BCUT2D eigenvalue weighted by atomic mass is 35.5. The second-order valence-electron chi connectivity index (χ2n) is 5.93. The number of rotatable bonds is 5. The van der Waals surface area contributed by atoms with Gasteiger partial charge in [0, 0.05) is 11.2 Å². The molecule has 0 N–H and O–H groups in total. The van der Waals surface area contributed by atoms with Gasteiger partial charge in [-0.05, 0) is 66.2 Å². The predicted octanol–water partition coefficient (Wildman–Crippen LogP) is 6.34. The largest absolute Gasteiger partial charge is 0.497 e. The second-order valence-corrected chi connectivity index (χ2v) is 7.14. The van der Waals surface area contributed by atoms with Crippen molar-refractivity contribution < 1.29 is 9.47 Å². The van der Waals surface area contributed by atoms with E-state index in [9.17, 15) is 0 Å². The fourth-order valence-electron chi connectivity index (χ4n) is 2.80. The molecule has 4 nitrogen and oxygen atoms in total. The number of anilines is 1. The minimum absolute atomic E-state index is 0.0492. The third kappa shape index (κ3) is 4.04. The molecule has 3 aromatic carbocycles. The lowest BCUT2D eigenvalue weighted by Crippen LogP contribution is -2.18. The van der Waals surface area contributed by atoms with Crippen molar-refractivity contribution in [3.05, 3.63) is 83.4 Å². The summed E-state index contributed by atoms with van der Waals surface area (Å²) in [6.45, 7) is 0. The molecule has 0 fully saturated rings. The van der Waals surface area contributed by atoms with Gasteiger partial charge in [0.1, 0.15) is 23.3 Å². The monoisotopic (exact) mass is 396 g/mol. The standard InChI is InChI=1S/C21H17ClN2O2S/c1-25-20-4-2-3-15(13-20)21-14-23-27-24(21)17-7-11-19(12-8-17)26-18-9-5-16(22)6-10-18/h2-14,21H,1H3/t21-/m1/s1. The maximum Gasteiger partial charge on any atom is 0.127 e. The molecule has 1 atom stereocenters. The molecular weight excluding hydrogens is 380 g/mol. The van der Waals surface area contributed by atoms with Crippen molar-refractivity contribution in [2.45, 2.75) is 6.04 Å². The van der Waals surface area contributed by atoms with Crippen LogP contribution in [0.2, 0.25) is 5.02 Å². The summed E-state index contributed by atoms with van der Waals surface area (Å²) in [7, 11) is 1.67. The van der Waals surface area contributed by atoms with Crippen LogP contribution in [-0.2, 0) is 0 Å². The molecule has 27 heavy (non-hydrogen) atoms. The van der Waals surface area contributed by atoms with E-state index in [0.717, 1.165) is 28.5 Å². The number of hydrogen-bond donors (Lipinski definition) is 0. The zero-order chi connectivity index (χ0) is 18.6. The summed E-state index contributed by atoms with van der Waals surface area (Å²) in [5.41, 5.74) is 2.18. The molecule has 0 amide bonds. The average Bonchev–Trinajstić information content (AvgIpc) is 3.20. The fraction of sp³-hybridized carbons (Fsp3) is 0.0952. The molecule has 1 heterocycles. The van der Waals surface area contributed by atoms with Gasteiger partial charge < -0.3 is 9.47 Å². The highest BCUT2D eigenvalue weighted by Gasteiger charge is 2.25. The van der Waals surface area contributed by atoms with Crippen molar-refractivity contribution in [1.82, 2.24) is 0 Å². The third-order valence-corrected chi connectivity index (χ3v) is 5.25. The van der Waals surface area contributed by atoms with Crippen molar-refractivity contribution in [3.63, 3.8) is 0 Å². The highest BCUT2D eigenvalue weighted by molar-refractivity contribution is 7.99. The lowest BCUT2D eigenvalue weighted by molar-refractivity contribution is 0.414. The molecular formula is C21H17ClN2O2S. The summed E-state index contributed by atoms with van der Waals surface area (Å²) in [5.74, 6) is 2.36. The first-order valence-corrected chi connectivity index (χ1v) is 9.51. The third-order valence-electron chi connectivity index (χ3n) is 4.17. The van der Waals surface area contributed by atoms with E-state index in [1.54, 1.807) is 7.11 Å². The minimum atomic E-state index is 0.0492. The maximum atomic E-state index is 5.91. The summed E-state index contributed by atoms with van der Waals surface area (Å²) >= 11 is 7.34. The number of nitrogens with zero attached hydrogens (tertiary/aromatic N) is 2. The molecule has 1 aliphatic heterocycles. The van der Waals surface area contributed by atoms with Gasteiger partial charge in [0.15, 0.2) is 0 Å². The van der Waals surface area contributed by atoms with E-state index in [1.165, 1.54) is 12.1 Å². The Morgan fingerprint density at radius 3 is 2.33 bits per heavy atom. The number of benzene rings is 3. The van der Waals surface area contributed by atoms with Crippen molar-refractivity contribution in [3.8, 4) is 17.2 Å². The maximum absolute atomic E-state index is 5.91. The summed E-state index contributed by atoms with van der Waals surface area (Å²) in [6, 6.07) is 23.4. The van der Waals surface area contributed by atoms with Crippen LogP contribution in [0.15, 0.2) is 77.2 Å². The normalized spacial score (nSPS) is 15.8. The van der Waals surface area contributed by atoms with Gasteiger partial charge in [0.25, 0.3) is 0 Å². The van der Waals surface area contributed by atoms with Gasteiger partial charge in [-0.25, -0.2) is 4.40 Å². The first-order valence-electron chi connectivity index (χ1n) is 8.40. The fourth-order valence-corrected chi connectivity index (χ4v) is 3.69. The van der Waals surface area contributed by atoms with Crippen LogP contribution in [0, 0.1) is 0 Å². The lowest BCUT2D eigenvalue weighted by Gasteiger charge is -2.24. The van der Waals surface area contributed by atoms with E-state index >= 15 is 0 Å². The van der Waals surface area contributed by atoms with E-state index in [1.807, 2.05) is 72.9 Å². The highest BCUT2D eigenvalue weighted by Crippen LogP contribution is 2.39. The van der Waals surface area contributed by atoms with Crippen LogP contribution in [0.5, 0.6) is 17.2 Å². The van der Waals surface area contributed by atoms with Crippen molar-refractivity contribution >= 4 is 35.6 Å². The Balaban J connectivity index is 1.51.